The van der Waals surface area contributed by atoms with Gasteiger partial charge in [-0.25, -0.2) is 0 Å². The molecule has 0 aromatic carbocycles. The lowest BCUT2D eigenvalue weighted by atomic mass is 10.3. The standard InChI is InChI=1S/C9H16O/c1-4-6-7-10-8-9(3)5-2/h6-8H,4-5H2,1-3H3. The highest BCUT2D eigenvalue weighted by atomic mass is 16.5. The molecule has 0 saturated carbocycles. The maximum atomic E-state index is 5.08. The molecule has 0 aliphatic rings. The minimum Gasteiger partial charge on any atom is -0.473 e. The second-order valence-corrected chi connectivity index (χ2v) is 2.23. The van der Waals surface area contributed by atoms with E-state index in [1.54, 1.807) is 12.5 Å². The summed E-state index contributed by atoms with van der Waals surface area (Å²) in [5, 5.41) is 0. The predicted octanol–water partition coefficient (Wildman–Crippen LogP) is 3.24. The van der Waals surface area contributed by atoms with Gasteiger partial charge in [-0.05, 0) is 31.4 Å². The van der Waals surface area contributed by atoms with Crippen LogP contribution in [0.4, 0.5) is 0 Å². The predicted molar refractivity (Wildman–Crippen MR) is 44.6 cm³/mol. The van der Waals surface area contributed by atoms with Gasteiger partial charge in [-0.15, -0.1) is 0 Å². The second-order valence-electron chi connectivity index (χ2n) is 2.23. The largest absolute Gasteiger partial charge is 0.473 e. The van der Waals surface area contributed by atoms with Crippen LogP contribution in [0.2, 0.25) is 0 Å². The molecule has 0 spiro atoms. The number of hydrogen-bond donors (Lipinski definition) is 0. The SMILES string of the molecule is CCC=COC=C(C)CC. The lowest BCUT2D eigenvalue weighted by Crippen LogP contribution is -1.72. The molecular weight excluding hydrogens is 124 g/mol. The highest BCUT2D eigenvalue weighted by Crippen LogP contribution is 1.97. The summed E-state index contributed by atoms with van der Waals surface area (Å²) in [5.41, 5.74) is 1.26. The molecule has 0 amide bonds. The molecule has 0 aromatic rings. The van der Waals surface area contributed by atoms with E-state index in [1.807, 2.05) is 6.08 Å². The van der Waals surface area contributed by atoms with Gasteiger partial charge >= 0.3 is 0 Å². The maximum absolute atomic E-state index is 5.08. The van der Waals surface area contributed by atoms with E-state index in [0.29, 0.717) is 0 Å². The van der Waals surface area contributed by atoms with E-state index in [1.165, 1.54) is 5.57 Å². The molecule has 0 bridgehead atoms. The number of rotatable bonds is 4. The van der Waals surface area contributed by atoms with Gasteiger partial charge in [-0.1, -0.05) is 13.8 Å². The molecule has 0 radical (unpaired) electrons. The van der Waals surface area contributed by atoms with E-state index >= 15 is 0 Å². The fourth-order valence-corrected chi connectivity index (χ4v) is 0.391. The van der Waals surface area contributed by atoms with Crippen LogP contribution in [0.25, 0.3) is 0 Å². The van der Waals surface area contributed by atoms with Crippen LogP contribution in [0.3, 0.4) is 0 Å². The van der Waals surface area contributed by atoms with Gasteiger partial charge in [-0.3, -0.25) is 0 Å². The Morgan fingerprint density at radius 3 is 2.60 bits per heavy atom. The van der Waals surface area contributed by atoms with E-state index in [0.717, 1.165) is 12.8 Å². The number of hydrogen-bond acceptors (Lipinski definition) is 1. The first-order chi connectivity index (χ1) is 4.81. The van der Waals surface area contributed by atoms with Gasteiger partial charge in [0.2, 0.25) is 0 Å². The van der Waals surface area contributed by atoms with Crippen LogP contribution in [0.1, 0.15) is 33.6 Å². The molecule has 0 fully saturated rings. The van der Waals surface area contributed by atoms with E-state index in [9.17, 15) is 0 Å². The minimum atomic E-state index is 1.03. The fourth-order valence-electron chi connectivity index (χ4n) is 0.391. The molecule has 0 unspecified atom stereocenters. The zero-order chi connectivity index (χ0) is 7.82. The van der Waals surface area contributed by atoms with Crippen LogP contribution in [0.15, 0.2) is 24.2 Å². The van der Waals surface area contributed by atoms with Gasteiger partial charge in [0.1, 0.15) is 0 Å². The highest BCUT2D eigenvalue weighted by Gasteiger charge is 1.79. The molecule has 0 heterocycles. The second kappa shape index (κ2) is 6.40. The summed E-state index contributed by atoms with van der Waals surface area (Å²) >= 11 is 0. The number of allylic oxidation sites excluding steroid dienone is 2. The normalized spacial score (nSPS) is 12.5. The van der Waals surface area contributed by atoms with Crippen molar-refractivity contribution in [3.05, 3.63) is 24.2 Å². The van der Waals surface area contributed by atoms with Crippen molar-refractivity contribution in [2.45, 2.75) is 33.6 Å². The minimum absolute atomic E-state index is 1.03. The van der Waals surface area contributed by atoms with E-state index in [4.69, 9.17) is 4.74 Å². The lowest BCUT2D eigenvalue weighted by Gasteiger charge is -1.93. The zero-order valence-electron chi connectivity index (χ0n) is 7.05. The molecule has 0 atom stereocenters. The molecular formula is C9H16O. The summed E-state index contributed by atoms with van der Waals surface area (Å²) < 4.78 is 5.08. The van der Waals surface area contributed by atoms with Crippen molar-refractivity contribution < 1.29 is 4.74 Å². The fraction of sp³-hybridized carbons (Fsp3) is 0.556. The molecule has 0 aromatic heterocycles. The van der Waals surface area contributed by atoms with Crippen molar-refractivity contribution in [3.63, 3.8) is 0 Å². The van der Waals surface area contributed by atoms with Crippen molar-refractivity contribution in [2.75, 3.05) is 0 Å². The van der Waals surface area contributed by atoms with Crippen LogP contribution >= 0.6 is 0 Å². The molecule has 1 nitrogen and oxygen atoms in total. The first kappa shape index (κ1) is 9.28. The Hall–Kier alpha value is -0.720. The Bertz CT molecular complexity index is 123. The number of ether oxygens (including phenoxy) is 1. The van der Waals surface area contributed by atoms with E-state index < -0.39 is 0 Å². The smallest absolute Gasteiger partial charge is 0.0890 e. The highest BCUT2D eigenvalue weighted by molar-refractivity contribution is 4.92. The van der Waals surface area contributed by atoms with Gasteiger partial charge in [0.05, 0.1) is 12.5 Å². The third-order valence-electron chi connectivity index (χ3n) is 1.24. The Kier molecular flexibility index (Phi) is 5.94. The monoisotopic (exact) mass is 140 g/mol. The van der Waals surface area contributed by atoms with Crippen LogP contribution in [-0.4, -0.2) is 0 Å². The van der Waals surface area contributed by atoms with Crippen LogP contribution < -0.4 is 0 Å². The van der Waals surface area contributed by atoms with Crippen molar-refractivity contribution in [1.82, 2.24) is 0 Å². The van der Waals surface area contributed by atoms with Gasteiger partial charge < -0.3 is 4.74 Å². The van der Waals surface area contributed by atoms with Crippen LogP contribution in [-0.2, 0) is 4.74 Å². The Balaban J connectivity index is 3.42. The molecule has 58 valence electrons. The third-order valence-corrected chi connectivity index (χ3v) is 1.24. The zero-order valence-corrected chi connectivity index (χ0v) is 7.05. The van der Waals surface area contributed by atoms with E-state index in [-0.39, 0.29) is 0 Å². The first-order valence-electron chi connectivity index (χ1n) is 3.77. The summed E-state index contributed by atoms with van der Waals surface area (Å²) in [6, 6.07) is 0. The molecule has 0 rings (SSSR count). The topological polar surface area (TPSA) is 9.23 Å². The summed E-state index contributed by atoms with van der Waals surface area (Å²) in [5.74, 6) is 0. The molecule has 0 aliphatic carbocycles. The molecule has 1 heteroatoms. The average molecular weight is 140 g/mol. The Morgan fingerprint density at radius 1 is 1.40 bits per heavy atom. The molecule has 0 aliphatic heterocycles. The first-order valence-corrected chi connectivity index (χ1v) is 3.77. The van der Waals surface area contributed by atoms with E-state index in [2.05, 4.69) is 20.8 Å². The van der Waals surface area contributed by atoms with Gasteiger partial charge in [-0.2, -0.15) is 0 Å². The maximum Gasteiger partial charge on any atom is 0.0890 e. The quantitative estimate of drug-likeness (QED) is 0.545. The summed E-state index contributed by atoms with van der Waals surface area (Å²) in [7, 11) is 0. The van der Waals surface area contributed by atoms with Crippen molar-refractivity contribution in [3.8, 4) is 0 Å². The van der Waals surface area contributed by atoms with Gasteiger partial charge in [0, 0.05) is 0 Å². The van der Waals surface area contributed by atoms with Gasteiger partial charge in [0.15, 0.2) is 0 Å². The molecule has 10 heavy (non-hydrogen) atoms. The Labute approximate surface area is 63.4 Å². The van der Waals surface area contributed by atoms with Crippen molar-refractivity contribution in [2.24, 2.45) is 0 Å². The van der Waals surface area contributed by atoms with Crippen molar-refractivity contribution in [1.29, 1.82) is 0 Å². The summed E-state index contributed by atoms with van der Waals surface area (Å²) in [4.78, 5) is 0. The van der Waals surface area contributed by atoms with Crippen LogP contribution in [0, 0.1) is 0 Å². The lowest BCUT2D eigenvalue weighted by molar-refractivity contribution is 0.395. The average Bonchev–Trinajstić information content (AvgIpc) is 1.98. The molecule has 0 N–H and O–H groups in total. The summed E-state index contributed by atoms with van der Waals surface area (Å²) in [6.45, 7) is 6.24. The van der Waals surface area contributed by atoms with Crippen molar-refractivity contribution >= 4 is 0 Å². The van der Waals surface area contributed by atoms with Crippen LogP contribution in [0.5, 0.6) is 0 Å². The molecule has 0 saturated heterocycles. The van der Waals surface area contributed by atoms with Gasteiger partial charge in [0.25, 0.3) is 0 Å². The Morgan fingerprint density at radius 2 is 2.10 bits per heavy atom. The third kappa shape index (κ3) is 5.42. The summed E-state index contributed by atoms with van der Waals surface area (Å²) in [6.07, 6.45) is 7.57.